The lowest BCUT2D eigenvalue weighted by atomic mass is 10.2. The van der Waals surface area contributed by atoms with Crippen molar-refractivity contribution in [1.82, 2.24) is 0 Å². The number of hydrogen-bond donors (Lipinski definition) is 3. The number of fused-ring (bicyclic) bond motifs is 1. The molecular formula is C24H20N2O7S. The lowest BCUT2D eigenvalue weighted by molar-refractivity contribution is -0.119. The van der Waals surface area contributed by atoms with Crippen molar-refractivity contribution in [3.63, 3.8) is 0 Å². The first-order chi connectivity index (χ1) is 16.5. The molecule has 0 aromatic heterocycles. The maximum Gasteiger partial charge on any atom is 0.339 e. The van der Waals surface area contributed by atoms with Gasteiger partial charge >= 0.3 is 5.97 Å². The second-order valence-electron chi connectivity index (χ2n) is 7.07. The average molecular weight is 480 g/mol. The van der Waals surface area contributed by atoms with Gasteiger partial charge in [0.05, 0.1) is 11.3 Å². The van der Waals surface area contributed by atoms with Crippen molar-refractivity contribution >= 4 is 40.9 Å². The van der Waals surface area contributed by atoms with Gasteiger partial charge in [-0.2, -0.15) is 0 Å². The number of aromatic hydroxyl groups is 1. The second kappa shape index (κ2) is 10.6. The summed E-state index contributed by atoms with van der Waals surface area (Å²) >= 11 is 1.17. The molecule has 2 amide bonds. The van der Waals surface area contributed by atoms with Crippen LogP contribution >= 0.6 is 11.8 Å². The summed E-state index contributed by atoms with van der Waals surface area (Å²) in [5, 5.41) is 14.6. The van der Waals surface area contributed by atoms with E-state index in [1.807, 2.05) is 0 Å². The Labute approximate surface area is 199 Å². The Kier molecular flexibility index (Phi) is 7.19. The van der Waals surface area contributed by atoms with E-state index in [9.17, 15) is 19.5 Å². The first-order valence-electron chi connectivity index (χ1n) is 10.2. The Morgan fingerprint density at radius 1 is 0.882 bits per heavy atom. The van der Waals surface area contributed by atoms with Crippen LogP contribution in [-0.2, 0) is 14.3 Å². The van der Waals surface area contributed by atoms with E-state index in [1.54, 1.807) is 42.5 Å². The minimum absolute atomic E-state index is 0.0556. The monoisotopic (exact) mass is 480 g/mol. The lowest BCUT2D eigenvalue weighted by Crippen LogP contribution is -2.21. The number of ether oxygens (including phenoxy) is 3. The van der Waals surface area contributed by atoms with Crippen molar-refractivity contribution in [3.05, 3.63) is 72.3 Å². The van der Waals surface area contributed by atoms with Gasteiger partial charge in [0, 0.05) is 22.3 Å². The Morgan fingerprint density at radius 2 is 1.59 bits per heavy atom. The Morgan fingerprint density at radius 3 is 2.41 bits per heavy atom. The zero-order valence-corrected chi connectivity index (χ0v) is 18.6. The van der Waals surface area contributed by atoms with E-state index in [0.29, 0.717) is 27.8 Å². The summed E-state index contributed by atoms with van der Waals surface area (Å²) < 4.78 is 15.7. The summed E-state index contributed by atoms with van der Waals surface area (Å²) in [6.45, 7) is -0.336. The standard InChI is InChI=1S/C24H20N2O7S/c27-17-8-5-15(6-9-17)25-22(28)12-31-24(30)18-3-1-2-4-21(18)34-13-23(29)26-16-7-10-19-20(11-16)33-14-32-19/h1-11,27H,12-14H2,(H,25,28)(H,26,29). The third-order valence-electron chi connectivity index (χ3n) is 4.61. The molecule has 1 heterocycles. The first-order valence-corrected chi connectivity index (χ1v) is 11.1. The number of hydrogen-bond acceptors (Lipinski definition) is 8. The summed E-state index contributed by atoms with van der Waals surface area (Å²) in [7, 11) is 0. The van der Waals surface area contributed by atoms with Crippen LogP contribution < -0.4 is 20.1 Å². The van der Waals surface area contributed by atoms with E-state index in [1.165, 1.54) is 36.0 Å². The Bertz CT molecular complexity index is 1210. The van der Waals surface area contributed by atoms with Gasteiger partial charge in [-0.05, 0) is 48.5 Å². The predicted molar refractivity (Wildman–Crippen MR) is 125 cm³/mol. The van der Waals surface area contributed by atoms with Gasteiger partial charge in [-0.1, -0.05) is 12.1 Å². The van der Waals surface area contributed by atoms with Crippen LogP contribution in [0.2, 0.25) is 0 Å². The minimum atomic E-state index is -0.680. The van der Waals surface area contributed by atoms with Crippen LogP contribution in [0.15, 0.2) is 71.6 Å². The van der Waals surface area contributed by atoms with Crippen LogP contribution in [0.1, 0.15) is 10.4 Å². The molecule has 0 bridgehead atoms. The summed E-state index contributed by atoms with van der Waals surface area (Å²) in [4.78, 5) is 37.5. The molecule has 0 saturated heterocycles. The normalized spacial score (nSPS) is 11.5. The van der Waals surface area contributed by atoms with Crippen LogP contribution in [0.4, 0.5) is 11.4 Å². The highest BCUT2D eigenvalue weighted by Crippen LogP contribution is 2.34. The summed E-state index contributed by atoms with van der Waals surface area (Å²) in [6.07, 6.45) is 0. The molecule has 0 radical (unpaired) electrons. The van der Waals surface area contributed by atoms with Crippen LogP contribution in [-0.4, -0.2) is 42.0 Å². The molecule has 9 nitrogen and oxygen atoms in total. The molecule has 3 aromatic rings. The smallest absolute Gasteiger partial charge is 0.339 e. The van der Waals surface area contributed by atoms with Crippen molar-refractivity contribution in [2.75, 3.05) is 29.8 Å². The zero-order chi connectivity index (χ0) is 23.9. The number of amides is 2. The van der Waals surface area contributed by atoms with E-state index in [2.05, 4.69) is 10.6 Å². The molecule has 10 heteroatoms. The molecule has 174 valence electrons. The minimum Gasteiger partial charge on any atom is -0.508 e. The largest absolute Gasteiger partial charge is 0.508 e. The highest BCUT2D eigenvalue weighted by atomic mass is 32.2. The number of phenols is 1. The van der Waals surface area contributed by atoms with Crippen LogP contribution in [0, 0.1) is 0 Å². The number of carbonyl (C=O) groups is 3. The Hall–Kier alpha value is -4.18. The van der Waals surface area contributed by atoms with Crippen molar-refractivity contribution in [3.8, 4) is 17.2 Å². The summed E-state index contributed by atoms with van der Waals surface area (Å²) in [6, 6.07) is 17.7. The molecule has 0 atom stereocenters. The molecule has 0 unspecified atom stereocenters. The topological polar surface area (TPSA) is 123 Å². The molecular weight excluding hydrogens is 460 g/mol. The molecule has 0 fully saturated rings. The fraction of sp³-hybridized carbons (Fsp3) is 0.125. The average Bonchev–Trinajstić information content (AvgIpc) is 3.31. The predicted octanol–water partition coefficient (Wildman–Crippen LogP) is 3.65. The number of benzene rings is 3. The molecule has 1 aliphatic heterocycles. The van der Waals surface area contributed by atoms with Gasteiger partial charge in [-0.25, -0.2) is 4.79 Å². The quantitative estimate of drug-likeness (QED) is 0.254. The van der Waals surface area contributed by atoms with Crippen molar-refractivity contribution < 1.29 is 33.7 Å². The SMILES string of the molecule is O=C(COC(=O)c1ccccc1SCC(=O)Nc1ccc2c(c1)OCO2)Nc1ccc(O)cc1. The van der Waals surface area contributed by atoms with Gasteiger partial charge < -0.3 is 30.0 Å². The van der Waals surface area contributed by atoms with Crippen LogP contribution in [0.25, 0.3) is 0 Å². The summed E-state index contributed by atoms with van der Waals surface area (Å²) in [5.74, 6) is -0.152. The van der Waals surface area contributed by atoms with Gasteiger partial charge in [0.25, 0.3) is 5.91 Å². The maximum atomic E-state index is 12.5. The number of phenolic OH excluding ortho intramolecular Hbond substituents is 1. The molecule has 0 spiro atoms. The molecule has 3 N–H and O–H groups in total. The molecule has 34 heavy (non-hydrogen) atoms. The Balaban J connectivity index is 1.29. The maximum absolute atomic E-state index is 12.5. The van der Waals surface area contributed by atoms with Gasteiger partial charge in [0.1, 0.15) is 5.75 Å². The highest BCUT2D eigenvalue weighted by molar-refractivity contribution is 8.00. The highest BCUT2D eigenvalue weighted by Gasteiger charge is 2.17. The van der Waals surface area contributed by atoms with Gasteiger partial charge in [0.15, 0.2) is 18.1 Å². The van der Waals surface area contributed by atoms with Crippen molar-refractivity contribution in [2.45, 2.75) is 4.90 Å². The van der Waals surface area contributed by atoms with Gasteiger partial charge in [-0.15, -0.1) is 11.8 Å². The molecule has 0 aliphatic carbocycles. The van der Waals surface area contributed by atoms with E-state index in [0.717, 1.165) is 0 Å². The fourth-order valence-electron chi connectivity index (χ4n) is 3.03. The number of carbonyl (C=O) groups excluding carboxylic acids is 3. The van der Waals surface area contributed by atoms with E-state index >= 15 is 0 Å². The number of esters is 1. The number of rotatable bonds is 8. The molecule has 0 saturated carbocycles. The van der Waals surface area contributed by atoms with Crippen molar-refractivity contribution in [2.24, 2.45) is 0 Å². The number of thioether (sulfide) groups is 1. The van der Waals surface area contributed by atoms with Gasteiger partial charge in [0.2, 0.25) is 12.7 Å². The molecule has 4 rings (SSSR count). The zero-order valence-electron chi connectivity index (χ0n) is 17.8. The van der Waals surface area contributed by atoms with E-state index < -0.39 is 18.5 Å². The number of anilines is 2. The third kappa shape index (κ3) is 5.99. The van der Waals surface area contributed by atoms with E-state index in [4.69, 9.17) is 14.2 Å². The third-order valence-corrected chi connectivity index (χ3v) is 5.68. The van der Waals surface area contributed by atoms with E-state index in [-0.39, 0.29) is 29.8 Å². The lowest BCUT2D eigenvalue weighted by Gasteiger charge is -2.10. The first kappa shape index (κ1) is 23.0. The molecule has 3 aromatic carbocycles. The van der Waals surface area contributed by atoms with Gasteiger partial charge in [-0.3, -0.25) is 9.59 Å². The number of nitrogens with one attached hydrogen (secondary N) is 2. The van der Waals surface area contributed by atoms with Crippen molar-refractivity contribution in [1.29, 1.82) is 0 Å². The van der Waals surface area contributed by atoms with Crippen LogP contribution in [0.5, 0.6) is 17.2 Å². The summed E-state index contributed by atoms with van der Waals surface area (Å²) in [5.41, 5.74) is 1.28. The second-order valence-corrected chi connectivity index (χ2v) is 8.09. The van der Waals surface area contributed by atoms with Crippen LogP contribution in [0.3, 0.4) is 0 Å². The molecule has 1 aliphatic rings. The fourth-order valence-corrected chi connectivity index (χ4v) is 3.87.